The van der Waals surface area contributed by atoms with Crippen LogP contribution in [0.4, 0.5) is 5.69 Å². The average molecular weight is 276 g/mol. The molecule has 1 rings (SSSR count). The number of rotatable bonds is 11. The van der Waals surface area contributed by atoms with Gasteiger partial charge >= 0.3 is 0 Å². The molecule has 114 valence electrons. The van der Waals surface area contributed by atoms with E-state index in [0.29, 0.717) is 0 Å². The van der Waals surface area contributed by atoms with Crippen LogP contribution >= 0.6 is 0 Å². The van der Waals surface area contributed by atoms with Gasteiger partial charge < -0.3 is 10.2 Å². The van der Waals surface area contributed by atoms with Gasteiger partial charge in [-0.1, -0.05) is 45.7 Å². The number of benzene rings is 1. The van der Waals surface area contributed by atoms with E-state index in [1.807, 2.05) is 0 Å². The van der Waals surface area contributed by atoms with E-state index in [0.717, 1.165) is 13.1 Å². The molecule has 0 aliphatic heterocycles. The monoisotopic (exact) mass is 276 g/mol. The Morgan fingerprint density at radius 3 is 1.95 bits per heavy atom. The third-order valence-corrected chi connectivity index (χ3v) is 3.62. The molecular weight excluding hydrogens is 244 g/mol. The van der Waals surface area contributed by atoms with E-state index >= 15 is 0 Å². The van der Waals surface area contributed by atoms with Gasteiger partial charge in [-0.3, -0.25) is 0 Å². The lowest BCUT2D eigenvalue weighted by Crippen LogP contribution is -2.25. The van der Waals surface area contributed by atoms with E-state index in [1.54, 1.807) is 0 Å². The normalized spacial score (nSPS) is 10.8. The van der Waals surface area contributed by atoms with E-state index in [2.05, 4.69) is 55.3 Å². The van der Waals surface area contributed by atoms with Crippen LogP contribution in [0, 0.1) is 0 Å². The topological polar surface area (TPSA) is 15.3 Å². The molecule has 1 aromatic rings. The zero-order valence-corrected chi connectivity index (χ0v) is 13.6. The number of hydrogen-bond donors (Lipinski definition) is 1. The van der Waals surface area contributed by atoms with Gasteiger partial charge in [0.2, 0.25) is 0 Å². The van der Waals surface area contributed by atoms with Crippen LogP contribution in [0.5, 0.6) is 0 Å². The van der Waals surface area contributed by atoms with Crippen molar-refractivity contribution in [2.24, 2.45) is 0 Å². The summed E-state index contributed by atoms with van der Waals surface area (Å²) in [6.07, 6.45) is 6.29. The zero-order chi connectivity index (χ0) is 14.6. The fourth-order valence-electron chi connectivity index (χ4n) is 2.30. The summed E-state index contributed by atoms with van der Waals surface area (Å²) >= 11 is 0. The van der Waals surface area contributed by atoms with E-state index in [-0.39, 0.29) is 0 Å². The van der Waals surface area contributed by atoms with Gasteiger partial charge in [-0.15, -0.1) is 0 Å². The zero-order valence-electron chi connectivity index (χ0n) is 13.6. The van der Waals surface area contributed by atoms with Crippen molar-refractivity contribution in [3.05, 3.63) is 29.8 Å². The maximum atomic E-state index is 3.46. The van der Waals surface area contributed by atoms with Crippen LogP contribution in [0.1, 0.15) is 58.4 Å². The first-order valence-electron chi connectivity index (χ1n) is 8.36. The number of hydrogen-bond acceptors (Lipinski definition) is 2. The Hall–Kier alpha value is -1.02. The highest BCUT2D eigenvalue weighted by atomic mass is 15.1. The van der Waals surface area contributed by atoms with E-state index in [4.69, 9.17) is 0 Å². The molecule has 2 nitrogen and oxygen atoms in total. The Labute approximate surface area is 125 Å². The molecule has 0 aliphatic carbocycles. The molecule has 0 radical (unpaired) electrons. The minimum Gasteiger partial charge on any atom is -0.372 e. The van der Waals surface area contributed by atoms with Crippen LogP contribution in [0.3, 0.4) is 0 Å². The van der Waals surface area contributed by atoms with E-state index in [9.17, 15) is 0 Å². The minimum atomic E-state index is 0.984. The molecule has 20 heavy (non-hydrogen) atoms. The van der Waals surface area contributed by atoms with Gasteiger partial charge in [0.1, 0.15) is 0 Å². The summed E-state index contributed by atoms with van der Waals surface area (Å²) in [5, 5.41) is 3.46. The highest BCUT2D eigenvalue weighted by Gasteiger charge is 2.05. The Morgan fingerprint density at radius 1 is 0.850 bits per heavy atom. The molecule has 0 saturated carbocycles. The molecule has 0 fully saturated rings. The van der Waals surface area contributed by atoms with Gasteiger partial charge in [-0.2, -0.15) is 0 Å². The molecule has 1 N–H and O–H groups in total. The molecule has 0 heterocycles. The van der Waals surface area contributed by atoms with Crippen molar-refractivity contribution < 1.29 is 0 Å². The second kappa shape index (κ2) is 10.7. The Balaban J connectivity index is 2.56. The fourth-order valence-corrected chi connectivity index (χ4v) is 2.30. The summed E-state index contributed by atoms with van der Waals surface area (Å²) in [4.78, 5) is 2.54. The number of anilines is 1. The first-order chi connectivity index (χ1) is 9.81. The van der Waals surface area contributed by atoms with Gasteiger partial charge in [0.15, 0.2) is 0 Å². The van der Waals surface area contributed by atoms with Crippen LogP contribution in [0.25, 0.3) is 0 Å². The lowest BCUT2D eigenvalue weighted by Gasteiger charge is -2.25. The molecular formula is C18H32N2. The van der Waals surface area contributed by atoms with Crippen molar-refractivity contribution in [2.45, 2.75) is 59.4 Å². The van der Waals surface area contributed by atoms with Crippen molar-refractivity contribution in [3.63, 3.8) is 0 Å². The lowest BCUT2D eigenvalue weighted by atomic mass is 10.1. The van der Waals surface area contributed by atoms with E-state index < -0.39 is 0 Å². The van der Waals surface area contributed by atoms with Crippen molar-refractivity contribution in [1.29, 1.82) is 0 Å². The van der Waals surface area contributed by atoms with Crippen molar-refractivity contribution in [3.8, 4) is 0 Å². The summed E-state index contributed by atoms with van der Waals surface area (Å²) in [5.74, 6) is 0. The number of unbranched alkanes of at least 4 members (excludes halogenated alkanes) is 2. The van der Waals surface area contributed by atoms with Gasteiger partial charge in [0, 0.05) is 25.3 Å². The van der Waals surface area contributed by atoms with Crippen molar-refractivity contribution in [2.75, 3.05) is 24.5 Å². The van der Waals surface area contributed by atoms with Gasteiger partial charge in [0.25, 0.3) is 0 Å². The summed E-state index contributed by atoms with van der Waals surface area (Å²) in [6, 6.07) is 9.11. The molecule has 2 heteroatoms. The molecule has 0 atom stereocenters. The van der Waals surface area contributed by atoms with Crippen LogP contribution in [-0.2, 0) is 6.54 Å². The smallest absolute Gasteiger partial charge is 0.0366 e. The van der Waals surface area contributed by atoms with Gasteiger partial charge in [-0.05, 0) is 43.5 Å². The summed E-state index contributed by atoms with van der Waals surface area (Å²) in [5.41, 5.74) is 2.76. The maximum absolute atomic E-state index is 3.46. The average Bonchev–Trinajstić information content (AvgIpc) is 2.49. The third kappa shape index (κ3) is 6.42. The van der Waals surface area contributed by atoms with Crippen LogP contribution in [-0.4, -0.2) is 19.6 Å². The quantitative estimate of drug-likeness (QED) is 0.595. The third-order valence-electron chi connectivity index (χ3n) is 3.62. The van der Waals surface area contributed by atoms with Crippen molar-refractivity contribution in [1.82, 2.24) is 5.32 Å². The molecule has 0 unspecified atom stereocenters. The maximum Gasteiger partial charge on any atom is 0.0366 e. The first kappa shape index (κ1) is 17.0. The van der Waals surface area contributed by atoms with Crippen LogP contribution in [0.2, 0.25) is 0 Å². The summed E-state index contributed by atoms with van der Waals surface area (Å²) in [6.45, 7) is 11.2. The molecule has 1 aromatic carbocycles. The largest absolute Gasteiger partial charge is 0.372 e. The summed E-state index contributed by atoms with van der Waals surface area (Å²) < 4.78 is 0. The SMILES string of the molecule is CCCCN(CCCC)c1ccc(CNCCC)cc1. The second-order valence-electron chi connectivity index (χ2n) is 5.54. The Kier molecular flexibility index (Phi) is 9.14. The molecule has 0 amide bonds. The second-order valence-corrected chi connectivity index (χ2v) is 5.54. The van der Waals surface area contributed by atoms with E-state index in [1.165, 1.54) is 56.4 Å². The minimum absolute atomic E-state index is 0.984. The van der Waals surface area contributed by atoms with Gasteiger partial charge in [0.05, 0.1) is 0 Å². The van der Waals surface area contributed by atoms with Gasteiger partial charge in [-0.25, -0.2) is 0 Å². The van der Waals surface area contributed by atoms with Crippen molar-refractivity contribution >= 4 is 5.69 Å². The fraction of sp³-hybridized carbons (Fsp3) is 0.667. The molecule has 0 saturated heterocycles. The lowest BCUT2D eigenvalue weighted by molar-refractivity contribution is 0.672. The Morgan fingerprint density at radius 2 is 1.45 bits per heavy atom. The van der Waals surface area contributed by atoms with Crippen LogP contribution in [0.15, 0.2) is 24.3 Å². The highest BCUT2D eigenvalue weighted by molar-refractivity contribution is 5.47. The molecule has 0 spiro atoms. The highest BCUT2D eigenvalue weighted by Crippen LogP contribution is 2.17. The standard InChI is InChI=1S/C18H32N2/c1-4-7-14-20(15-8-5-2)18-11-9-17(10-12-18)16-19-13-6-3/h9-12,19H,4-8,13-16H2,1-3H3. The van der Waals surface area contributed by atoms with Crippen LogP contribution < -0.4 is 10.2 Å². The predicted molar refractivity (Wildman–Crippen MR) is 90.5 cm³/mol. The first-order valence-corrected chi connectivity index (χ1v) is 8.36. The molecule has 0 bridgehead atoms. The Bertz CT molecular complexity index is 324. The molecule has 0 aromatic heterocycles. The number of nitrogens with one attached hydrogen (secondary N) is 1. The number of nitrogens with zero attached hydrogens (tertiary/aromatic N) is 1. The predicted octanol–water partition coefficient (Wildman–Crippen LogP) is 4.59. The molecule has 0 aliphatic rings. The summed E-state index contributed by atoms with van der Waals surface area (Å²) in [7, 11) is 0.